The van der Waals surface area contributed by atoms with E-state index in [-0.39, 0.29) is 30.1 Å². The number of nitrogens with one attached hydrogen (secondary N) is 2. The number of aromatic nitrogens is 1. The van der Waals surface area contributed by atoms with Crippen molar-refractivity contribution < 1.29 is 14.0 Å². The third-order valence-electron chi connectivity index (χ3n) is 3.63. The molecule has 2 N–H and O–H groups in total. The van der Waals surface area contributed by atoms with Crippen LogP contribution in [-0.2, 0) is 16.0 Å². The summed E-state index contributed by atoms with van der Waals surface area (Å²) in [6, 6.07) is 6.09. The Kier molecular flexibility index (Phi) is 4.66. The molecule has 1 aliphatic heterocycles. The summed E-state index contributed by atoms with van der Waals surface area (Å²) in [5, 5.41) is 8.21. The number of benzene rings is 1. The molecule has 0 bridgehead atoms. The Hall–Kier alpha value is -2.28. The minimum atomic E-state index is -0.289. The minimum absolute atomic E-state index is 0.0169. The number of nitrogens with zero attached hydrogens (tertiary/aromatic N) is 1. The lowest BCUT2D eigenvalue weighted by atomic mass is 10.1. The molecule has 0 saturated carbocycles. The lowest BCUT2D eigenvalue weighted by molar-refractivity contribution is -0.125. The standard InChI is InChI=1S/C16H16FN3O2S/c17-11-3-1-10(2-4-11)13-9-23-16(20-13)7-15(22)19-12-5-6-14(21)18-8-12/h1-4,9,12H,5-8H2,(H,18,21)(H,19,22)/t12-/m1/s1. The second-order valence-corrected chi connectivity index (χ2v) is 6.36. The van der Waals surface area contributed by atoms with Gasteiger partial charge in [0, 0.05) is 30.0 Å². The van der Waals surface area contributed by atoms with Crippen LogP contribution in [0.25, 0.3) is 11.3 Å². The number of amides is 2. The highest BCUT2D eigenvalue weighted by molar-refractivity contribution is 7.10. The first-order valence-electron chi connectivity index (χ1n) is 7.36. The van der Waals surface area contributed by atoms with Crippen LogP contribution < -0.4 is 10.6 Å². The van der Waals surface area contributed by atoms with Crippen molar-refractivity contribution in [3.05, 3.63) is 40.5 Å². The molecule has 23 heavy (non-hydrogen) atoms. The maximum atomic E-state index is 12.9. The number of carbonyl (C=O) groups is 2. The van der Waals surface area contributed by atoms with Crippen LogP contribution in [0.5, 0.6) is 0 Å². The molecule has 1 aromatic heterocycles. The largest absolute Gasteiger partial charge is 0.354 e. The summed E-state index contributed by atoms with van der Waals surface area (Å²) in [5.41, 5.74) is 1.56. The summed E-state index contributed by atoms with van der Waals surface area (Å²) in [6.07, 6.45) is 1.31. The van der Waals surface area contributed by atoms with Gasteiger partial charge in [0.05, 0.1) is 12.1 Å². The summed E-state index contributed by atoms with van der Waals surface area (Å²) in [4.78, 5) is 27.6. The highest BCUT2D eigenvalue weighted by Gasteiger charge is 2.20. The van der Waals surface area contributed by atoms with E-state index in [0.29, 0.717) is 24.4 Å². The zero-order valence-corrected chi connectivity index (χ0v) is 13.2. The summed E-state index contributed by atoms with van der Waals surface area (Å²) in [5.74, 6) is -0.367. The van der Waals surface area contributed by atoms with E-state index in [4.69, 9.17) is 0 Å². The van der Waals surface area contributed by atoms with Crippen LogP contribution in [0.1, 0.15) is 17.8 Å². The maximum Gasteiger partial charge on any atom is 0.227 e. The molecule has 120 valence electrons. The SMILES string of the molecule is O=C1CC[C@@H](NC(=O)Cc2nc(-c3ccc(F)cc3)cs2)CN1. The van der Waals surface area contributed by atoms with Crippen molar-refractivity contribution in [1.82, 2.24) is 15.6 Å². The summed E-state index contributed by atoms with van der Waals surface area (Å²) < 4.78 is 12.9. The average molecular weight is 333 g/mol. The van der Waals surface area contributed by atoms with Crippen molar-refractivity contribution in [3.63, 3.8) is 0 Å². The smallest absolute Gasteiger partial charge is 0.227 e. The molecule has 0 aliphatic carbocycles. The zero-order chi connectivity index (χ0) is 16.2. The van der Waals surface area contributed by atoms with Crippen LogP contribution in [0.3, 0.4) is 0 Å². The fourth-order valence-corrected chi connectivity index (χ4v) is 3.22. The van der Waals surface area contributed by atoms with Gasteiger partial charge in [-0.3, -0.25) is 9.59 Å². The Morgan fingerprint density at radius 2 is 2.17 bits per heavy atom. The molecule has 1 aromatic carbocycles. The fraction of sp³-hybridized carbons (Fsp3) is 0.312. The van der Waals surface area contributed by atoms with Gasteiger partial charge in [0.15, 0.2) is 0 Å². The number of rotatable bonds is 4. The van der Waals surface area contributed by atoms with E-state index in [0.717, 1.165) is 11.3 Å². The van der Waals surface area contributed by atoms with Crippen molar-refractivity contribution in [1.29, 1.82) is 0 Å². The second kappa shape index (κ2) is 6.87. The number of halogens is 1. The molecular weight excluding hydrogens is 317 g/mol. The molecule has 1 fully saturated rings. The van der Waals surface area contributed by atoms with E-state index in [1.165, 1.54) is 23.5 Å². The van der Waals surface area contributed by atoms with Crippen molar-refractivity contribution in [2.24, 2.45) is 0 Å². The predicted octanol–water partition coefficient (Wildman–Crippen LogP) is 1.89. The molecule has 2 aromatic rings. The zero-order valence-electron chi connectivity index (χ0n) is 12.3. The van der Waals surface area contributed by atoms with E-state index in [1.807, 2.05) is 5.38 Å². The van der Waals surface area contributed by atoms with Crippen LogP contribution in [0.2, 0.25) is 0 Å². The molecule has 0 spiro atoms. The monoisotopic (exact) mass is 333 g/mol. The van der Waals surface area contributed by atoms with Crippen molar-refractivity contribution >= 4 is 23.2 Å². The highest BCUT2D eigenvalue weighted by atomic mass is 32.1. The molecule has 0 unspecified atom stereocenters. The molecule has 2 amide bonds. The van der Waals surface area contributed by atoms with Gasteiger partial charge >= 0.3 is 0 Å². The van der Waals surface area contributed by atoms with Crippen LogP contribution in [0, 0.1) is 5.82 Å². The van der Waals surface area contributed by atoms with Crippen molar-refractivity contribution in [2.45, 2.75) is 25.3 Å². The molecule has 2 heterocycles. The normalized spacial score (nSPS) is 17.6. The summed E-state index contributed by atoms with van der Waals surface area (Å²) in [6.45, 7) is 0.475. The number of carbonyl (C=O) groups excluding carboxylic acids is 2. The van der Waals surface area contributed by atoms with Crippen LogP contribution >= 0.6 is 11.3 Å². The predicted molar refractivity (Wildman–Crippen MR) is 85.4 cm³/mol. The molecule has 3 rings (SSSR count). The molecule has 0 radical (unpaired) electrons. The first kappa shape index (κ1) is 15.6. The third kappa shape index (κ3) is 4.13. The Labute approximate surface area is 136 Å². The summed E-state index contributed by atoms with van der Waals surface area (Å²) in [7, 11) is 0. The molecule has 5 nitrogen and oxygen atoms in total. The summed E-state index contributed by atoms with van der Waals surface area (Å²) >= 11 is 1.40. The van der Waals surface area contributed by atoms with E-state index in [1.54, 1.807) is 12.1 Å². The number of thiazole rings is 1. The van der Waals surface area contributed by atoms with Gasteiger partial charge in [-0.1, -0.05) is 0 Å². The highest BCUT2D eigenvalue weighted by Crippen LogP contribution is 2.22. The van der Waals surface area contributed by atoms with Gasteiger partial charge in [0.25, 0.3) is 0 Å². The Morgan fingerprint density at radius 3 is 2.87 bits per heavy atom. The van der Waals surface area contributed by atoms with Crippen molar-refractivity contribution in [3.8, 4) is 11.3 Å². The Balaban J connectivity index is 1.57. The first-order valence-corrected chi connectivity index (χ1v) is 8.24. The molecular formula is C16H16FN3O2S. The fourth-order valence-electron chi connectivity index (χ4n) is 2.42. The lowest BCUT2D eigenvalue weighted by Gasteiger charge is -2.23. The van der Waals surface area contributed by atoms with Crippen LogP contribution in [0.15, 0.2) is 29.6 Å². The quantitative estimate of drug-likeness (QED) is 0.897. The van der Waals surface area contributed by atoms with Gasteiger partial charge in [0.2, 0.25) is 11.8 Å². The van der Waals surface area contributed by atoms with Gasteiger partial charge in [-0.15, -0.1) is 11.3 Å². The molecule has 1 atom stereocenters. The molecule has 7 heteroatoms. The van der Waals surface area contributed by atoms with Crippen LogP contribution in [-0.4, -0.2) is 29.4 Å². The number of hydrogen-bond donors (Lipinski definition) is 2. The molecule has 1 aliphatic rings. The number of hydrogen-bond acceptors (Lipinski definition) is 4. The topological polar surface area (TPSA) is 71.1 Å². The third-order valence-corrected chi connectivity index (χ3v) is 4.48. The second-order valence-electron chi connectivity index (χ2n) is 5.42. The van der Waals surface area contributed by atoms with E-state index in [2.05, 4.69) is 15.6 Å². The Morgan fingerprint density at radius 1 is 1.39 bits per heavy atom. The lowest BCUT2D eigenvalue weighted by Crippen LogP contribution is -2.48. The average Bonchev–Trinajstić information content (AvgIpc) is 2.98. The molecule has 1 saturated heterocycles. The van der Waals surface area contributed by atoms with Gasteiger partial charge < -0.3 is 10.6 Å². The Bertz CT molecular complexity index is 704. The van der Waals surface area contributed by atoms with Crippen molar-refractivity contribution in [2.75, 3.05) is 6.54 Å². The van der Waals surface area contributed by atoms with E-state index < -0.39 is 0 Å². The maximum absolute atomic E-state index is 12.9. The van der Waals surface area contributed by atoms with Crippen LogP contribution in [0.4, 0.5) is 4.39 Å². The van der Waals surface area contributed by atoms with Gasteiger partial charge in [-0.2, -0.15) is 0 Å². The van der Waals surface area contributed by atoms with Gasteiger partial charge in [0.1, 0.15) is 10.8 Å². The number of piperidine rings is 1. The van der Waals surface area contributed by atoms with E-state index >= 15 is 0 Å². The minimum Gasteiger partial charge on any atom is -0.354 e. The first-order chi connectivity index (χ1) is 11.1. The van der Waals surface area contributed by atoms with Gasteiger partial charge in [-0.05, 0) is 30.7 Å². The van der Waals surface area contributed by atoms with Gasteiger partial charge in [-0.25, -0.2) is 9.37 Å². The van der Waals surface area contributed by atoms with E-state index in [9.17, 15) is 14.0 Å².